The van der Waals surface area contributed by atoms with Gasteiger partial charge in [0, 0.05) is 45.0 Å². The molecule has 0 saturated carbocycles. The highest BCUT2D eigenvalue weighted by molar-refractivity contribution is 14.0. The van der Waals surface area contributed by atoms with Crippen LogP contribution in [0.1, 0.15) is 17.7 Å². The zero-order valence-corrected chi connectivity index (χ0v) is 19.3. The molecule has 6 nitrogen and oxygen atoms in total. The second kappa shape index (κ2) is 14.2. The summed E-state index contributed by atoms with van der Waals surface area (Å²) in [5.41, 5.74) is 2.25. The van der Waals surface area contributed by atoms with Crippen molar-refractivity contribution >= 4 is 29.9 Å². The van der Waals surface area contributed by atoms with Gasteiger partial charge in [-0.3, -0.25) is 9.98 Å². The molecule has 0 saturated heterocycles. The fourth-order valence-corrected chi connectivity index (χ4v) is 2.54. The molecule has 0 bridgehead atoms. The van der Waals surface area contributed by atoms with Gasteiger partial charge in [0.2, 0.25) is 0 Å². The van der Waals surface area contributed by atoms with Crippen LogP contribution in [0.4, 0.5) is 0 Å². The van der Waals surface area contributed by atoms with Gasteiger partial charge in [0.05, 0.1) is 6.61 Å². The number of nitrogens with zero attached hydrogens (tertiary/aromatic N) is 3. The lowest BCUT2D eigenvalue weighted by Gasteiger charge is -2.13. The number of hydrogen-bond acceptors (Lipinski definition) is 4. The molecular formula is C21H32IN5O. The molecule has 2 rings (SSSR count). The van der Waals surface area contributed by atoms with Gasteiger partial charge in [-0.2, -0.15) is 0 Å². The average molecular weight is 497 g/mol. The molecule has 0 spiro atoms. The number of hydrogen-bond donors (Lipinski definition) is 2. The Hall–Kier alpha value is -1.87. The minimum absolute atomic E-state index is 0. The Morgan fingerprint density at radius 2 is 1.89 bits per heavy atom. The van der Waals surface area contributed by atoms with Crippen molar-refractivity contribution in [3.63, 3.8) is 0 Å². The second-order valence-electron chi connectivity index (χ2n) is 6.57. The highest BCUT2D eigenvalue weighted by Gasteiger charge is 2.00. The van der Waals surface area contributed by atoms with E-state index in [2.05, 4.69) is 51.7 Å². The van der Waals surface area contributed by atoms with Gasteiger partial charge < -0.3 is 20.3 Å². The number of halogens is 1. The number of guanidine groups is 1. The van der Waals surface area contributed by atoms with Crippen LogP contribution in [0, 0.1) is 0 Å². The van der Waals surface area contributed by atoms with E-state index in [4.69, 9.17) is 4.74 Å². The Balaban J connectivity index is 0.00000392. The first-order valence-corrected chi connectivity index (χ1v) is 9.38. The van der Waals surface area contributed by atoms with Crippen LogP contribution in [0.5, 0.6) is 5.75 Å². The Kier molecular flexibility index (Phi) is 12.2. The van der Waals surface area contributed by atoms with Crippen molar-refractivity contribution in [3.05, 3.63) is 59.9 Å². The number of pyridine rings is 1. The van der Waals surface area contributed by atoms with Crippen molar-refractivity contribution in [2.45, 2.75) is 19.4 Å². The predicted molar refractivity (Wildman–Crippen MR) is 127 cm³/mol. The maximum Gasteiger partial charge on any atom is 0.191 e. The van der Waals surface area contributed by atoms with Gasteiger partial charge in [-0.05, 0) is 50.3 Å². The molecule has 0 radical (unpaired) electrons. The van der Waals surface area contributed by atoms with E-state index in [-0.39, 0.29) is 24.0 Å². The summed E-state index contributed by atoms with van der Waals surface area (Å²) in [5.74, 6) is 1.70. The Bertz CT molecular complexity index is 677. The summed E-state index contributed by atoms with van der Waals surface area (Å²) in [6, 6.07) is 14.2. The number of aliphatic imine (C=N–C) groups is 1. The SMILES string of the molecule is CN=C(NCCc1ccccn1)NCc1ccc(OCCCN(C)C)cc1.I. The van der Waals surface area contributed by atoms with E-state index >= 15 is 0 Å². The van der Waals surface area contributed by atoms with E-state index in [1.807, 2.05) is 36.5 Å². The van der Waals surface area contributed by atoms with Gasteiger partial charge in [0.15, 0.2) is 5.96 Å². The molecule has 0 fully saturated rings. The summed E-state index contributed by atoms with van der Waals surface area (Å²) in [7, 11) is 5.92. The van der Waals surface area contributed by atoms with Crippen molar-refractivity contribution in [2.75, 3.05) is 40.8 Å². The van der Waals surface area contributed by atoms with Crippen LogP contribution in [0.15, 0.2) is 53.7 Å². The summed E-state index contributed by atoms with van der Waals surface area (Å²) < 4.78 is 5.76. The van der Waals surface area contributed by atoms with Crippen molar-refractivity contribution in [1.29, 1.82) is 0 Å². The summed E-state index contributed by atoms with van der Waals surface area (Å²) in [6.07, 6.45) is 3.70. The molecule has 0 unspecified atom stereocenters. The predicted octanol–water partition coefficient (Wildman–Crippen LogP) is 2.94. The smallest absolute Gasteiger partial charge is 0.191 e. The van der Waals surface area contributed by atoms with Gasteiger partial charge in [-0.25, -0.2) is 0 Å². The van der Waals surface area contributed by atoms with E-state index in [0.29, 0.717) is 6.54 Å². The number of rotatable bonds is 10. The van der Waals surface area contributed by atoms with Gasteiger partial charge in [0.1, 0.15) is 5.75 Å². The molecule has 7 heteroatoms. The number of nitrogens with one attached hydrogen (secondary N) is 2. The highest BCUT2D eigenvalue weighted by Crippen LogP contribution is 2.12. The molecule has 28 heavy (non-hydrogen) atoms. The van der Waals surface area contributed by atoms with Crippen LogP contribution < -0.4 is 15.4 Å². The molecule has 1 aromatic carbocycles. The van der Waals surface area contributed by atoms with E-state index in [1.54, 1.807) is 7.05 Å². The third-order valence-corrected chi connectivity index (χ3v) is 4.03. The van der Waals surface area contributed by atoms with E-state index in [1.165, 1.54) is 5.56 Å². The number of ether oxygens (including phenoxy) is 1. The summed E-state index contributed by atoms with van der Waals surface area (Å²) in [6.45, 7) is 3.28. The fraction of sp³-hybridized carbons (Fsp3) is 0.429. The fourth-order valence-electron chi connectivity index (χ4n) is 2.54. The molecule has 2 N–H and O–H groups in total. The average Bonchev–Trinajstić information content (AvgIpc) is 2.69. The lowest BCUT2D eigenvalue weighted by atomic mass is 10.2. The molecule has 0 amide bonds. The first-order valence-electron chi connectivity index (χ1n) is 9.38. The highest BCUT2D eigenvalue weighted by atomic mass is 127. The first-order chi connectivity index (χ1) is 13.2. The maximum atomic E-state index is 5.76. The lowest BCUT2D eigenvalue weighted by Crippen LogP contribution is -2.37. The molecule has 1 aromatic heterocycles. The lowest BCUT2D eigenvalue weighted by molar-refractivity contribution is 0.281. The zero-order valence-electron chi connectivity index (χ0n) is 17.0. The van der Waals surface area contributed by atoms with E-state index < -0.39 is 0 Å². The molecule has 0 aliphatic heterocycles. The Morgan fingerprint density at radius 3 is 2.54 bits per heavy atom. The standard InChI is InChI=1S/C21H31N5O.HI/c1-22-21(24-14-12-19-7-4-5-13-23-19)25-17-18-8-10-20(11-9-18)27-16-6-15-26(2)3;/h4-5,7-11,13H,6,12,14-17H2,1-3H3,(H2,22,24,25);1H. The van der Waals surface area contributed by atoms with Crippen LogP contribution in [0.3, 0.4) is 0 Å². The monoisotopic (exact) mass is 497 g/mol. The third kappa shape index (κ3) is 9.89. The minimum atomic E-state index is 0. The normalized spacial score (nSPS) is 11.1. The summed E-state index contributed by atoms with van der Waals surface area (Å²) >= 11 is 0. The first kappa shape index (κ1) is 24.2. The minimum Gasteiger partial charge on any atom is -0.494 e. The molecule has 0 aliphatic carbocycles. The van der Waals surface area contributed by atoms with Crippen LogP contribution in [0.2, 0.25) is 0 Å². The van der Waals surface area contributed by atoms with Crippen molar-refractivity contribution < 1.29 is 4.74 Å². The van der Waals surface area contributed by atoms with Crippen molar-refractivity contribution in [2.24, 2.45) is 4.99 Å². The molecule has 0 atom stereocenters. The largest absolute Gasteiger partial charge is 0.494 e. The van der Waals surface area contributed by atoms with Gasteiger partial charge >= 0.3 is 0 Å². The van der Waals surface area contributed by atoms with Crippen molar-refractivity contribution in [3.8, 4) is 5.75 Å². The molecular weight excluding hydrogens is 465 g/mol. The quantitative estimate of drug-likeness (QED) is 0.229. The maximum absolute atomic E-state index is 5.76. The second-order valence-corrected chi connectivity index (χ2v) is 6.57. The third-order valence-electron chi connectivity index (χ3n) is 4.03. The topological polar surface area (TPSA) is 61.8 Å². The van der Waals surface area contributed by atoms with E-state index in [9.17, 15) is 0 Å². The summed E-state index contributed by atoms with van der Waals surface area (Å²) in [4.78, 5) is 10.7. The Labute approximate surface area is 185 Å². The molecule has 154 valence electrons. The molecule has 0 aliphatic rings. The molecule has 2 aromatic rings. The van der Waals surface area contributed by atoms with Crippen LogP contribution >= 0.6 is 24.0 Å². The summed E-state index contributed by atoms with van der Waals surface area (Å²) in [5, 5.41) is 6.64. The number of aromatic nitrogens is 1. The zero-order chi connectivity index (χ0) is 19.3. The van der Waals surface area contributed by atoms with Crippen molar-refractivity contribution in [1.82, 2.24) is 20.5 Å². The van der Waals surface area contributed by atoms with Gasteiger partial charge in [-0.15, -0.1) is 24.0 Å². The van der Waals surface area contributed by atoms with Gasteiger partial charge in [-0.1, -0.05) is 18.2 Å². The van der Waals surface area contributed by atoms with Crippen LogP contribution in [-0.2, 0) is 13.0 Å². The molecule has 1 heterocycles. The van der Waals surface area contributed by atoms with Gasteiger partial charge in [0.25, 0.3) is 0 Å². The van der Waals surface area contributed by atoms with Crippen LogP contribution in [0.25, 0.3) is 0 Å². The van der Waals surface area contributed by atoms with E-state index in [0.717, 1.165) is 49.9 Å². The Morgan fingerprint density at radius 1 is 1.11 bits per heavy atom. The number of benzene rings is 1. The van der Waals surface area contributed by atoms with Crippen LogP contribution in [-0.4, -0.2) is 56.7 Å².